The van der Waals surface area contributed by atoms with E-state index in [2.05, 4.69) is 35.2 Å². The summed E-state index contributed by atoms with van der Waals surface area (Å²) in [4.78, 5) is 11.1. The number of unbranched alkanes of at least 4 members (excludes halogenated alkanes) is 3. The highest BCUT2D eigenvalue weighted by Gasteiger charge is 2.08. The molecule has 3 rings (SSSR count). The lowest BCUT2D eigenvalue weighted by Gasteiger charge is -2.09. The Morgan fingerprint density at radius 1 is 1.04 bits per heavy atom. The van der Waals surface area contributed by atoms with Gasteiger partial charge >= 0.3 is 0 Å². The lowest BCUT2D eigenvalue weighted by molar-refractivity contribution is 0.305. The van der Waals surface area contributed by atoms with E-state index in [1.165, 1.54) is 24.1 Å². The molecule has 0 unspecified atom stereocenters. The van der Waals surface area contributed by atoms with Crippen LogP contribution in [0.15, 0.2) is 36.7 Å². The van der Waals surface area contributed by atoms with E-state index in [0.29, 0.717) is 0 Å². The molecule has 0 bridgehead atoms. The molecular formula is C20H25N3OS. The normalized spacial score (nSPS) is 11.0. The predicted molar refractivity (Wildman–Crippen MR) is 106 cm³/mol. The minimum Gasteiger partial charge on any atom is -0.494 e. The Labute approximate surface area is 153 Å². The third kappa shape index (κ3) is 4.69. The molecule has 0 amide bonds. The number of hydrogen-bond acceptors (Lipinski definition) is 5. The zero-order chi connectivity index (χ0) is 17.5. The van der Waals surface area contributed by atoms with Gasteiger partial charge in [-0.1, -0.05) is 33.1 Å². The van der Waals surface area contributed by atoms with Gasteiger partial charge in [-0.15, -0.1) is 11.3 Å². The Hall–Kier alpha value is -2.14. The minimum atomic E-state index is 0.786. The first-order valence-electron chi connectivity index (χ1n) is 9.03. The van der Waals surface area contributed by atoms with Crippen molar-refractivity contribution in [3.8, 4) is 5.75 Å². The number of hydrogen-bond donors (Lipinski definition) is 1. The number of aromatic nitrogens is 2. The first-order chi connectivity index (χ1) is 12.3. The minimum absolute atomic E-state index is 0.786. The maximum absolute atomic E-state index is 5.79. The number of anilines is 2. The van der Waals surface area contributed by atoms with Crippen molar-refractivity contribution in [2.24, 2.45) is 0 Å². The van der Waals surface area contributed by atoms with Gasteiger partial charge in [0, 0.05) is 10.6 Å². The number of rotatable bonds is 9. The fourth-order valence-corrected chi connectivity index (χ4v) is 3.60. The summed E-state index contributed by atoms with van der Waals surface area (Å²) in [6.07, 6.45) is 7.52. The summed E-state index contributed by atoms with van der Waals surface area (Å²) in [5, 5.41) is 4.48. The third-order valence-electron chi connectivity index (χ3n) is 4.11. The van der Waals surface area contributed by atoms with Crippen LogP contribution in [0.25, 0.3) is 10.2 Å². The Morgan fingerprint density at radius 3 is 2.64 bits per heavy atom. The second kappa shape index (κ2) is 8.81. The Bertz CT molecular complexity index is 798. The summed E-state index contributed by atoms with van der Waals surface area (Å²) in [5.74, 6) is 1.77. The number of fused-ring (bicyclic) bond motifs is 1. The first kappa shape index (κ1) is 17.7. The van der Waals surface area contributed by atoms with Gasteiger partial charge in [-0.3, -0.25) is 0 Å². The van der Waals surface area contributed by atoms with Crippen LogP contribution in [0.3, 0.4) is 0 Å². The van der Waals surface area contributed by atoms with Crippen molar-refractivity contribution in [1.29, 1.82) is 0 Å². The molecule has 1 N–H and O–H groups in total. The monoisotopic (exact) mass is 355 g/mol. The van der Waals surface area contributed by atoms with Crippen LogP contribution in [0.4, 0.5) is 11.5 Å². The SMILES string of the molecule is CCCCCCOc1ccc(Nc2ncnc3sc(CC)cc23)cc1. The fraction of sp³-hybridized carbons (Fsp3) is 0.400. The van der Waals surface area contributed by atoms with Crippen LogP contribution in [-0.2, 0) is 6.42 Å². The van der Waals surface area contributed by atoms with Gasteiger partial charge < -0.3 is 10.1 Å². The molecule has 1 aromatic carbocycles. The lowest BCUT2D eigenvalue weighted by Crippen LogP contribution is -1.98. The van der Waals surface area contributed by atoms with Crippen molar-refractivity contribution in [3.63, 3.8) is 0 Å². The van der Waals surface area contributed by atoms with Gasteiger partial charge in [0.15, 0.2) is 0 Å². The van der Waals surface area contributed by atoms with Gasteiger partial charge in [0.2, 0.25) is 0 Å². The maximum Gasteiger partial charge on any atom is 0.142 e. The summed E-state index contributed by atoms with van der Waals surface area (Å²) < 4.78 is 5.79. The van der Waals surface area contributed by atoms with E-state index >= 15 is 0 Å². The highest BCUT2D eigenvalue weighted by molar-refractivity contribution is 7.18. The average Bonchev–Trinajstić information content (AvgIpc) is 3.07. The molecule has 0 saturated carbocycles. The molecule has 0 spiro atoms. The largest absolute Gasteiger partial charge is 0.494 e. The fourth-order valence-electron chi connectivity index (χ4n) is 2.67. The van der Waals surface area contributed by atoms with Crippen LogP contribution >= 0.6 is 11.3 Å². The number of thiophene rings is 1. The number of aryl methyl sites for hydroxylation is 1. The molecule has 132 valence electrons. The number of nitrogens with one attached hydrogen (secondary N) is 1. The van der Waals surface area contributed by atoms with E-state index < -0.39 is 0 Å². The van der Waals surface area contributed by atoms with Crippen molar-refractivity contribution < 1.29 is 4.74 Å². The van der Waals surface area contributed by atoms with Crippen LogP contribution in [-0.4, -0.2) is 16.6 Å². The van der Waals surface area contributed by atoms with Crippen molar-refractivity contribution in [1.82, 2.24) is 9.97 Å². The van der Waals surface area contributed by atoms with E-state index in [1.807, 2.05) is 24.3 Å². The van der Waals surface area contributed by atoms with Gasteiger partial charge in [0.1, 0.15) is 22.7 Å². The van der Waals surface area contributed by atoms with E-state index in [1.54, 1.807) is 17.7 Å². The molecule has 0 aliphatic rings. The molecule has 4 nitrogen and oxygen atoms in total. The summed E-state index contributed by atoms with van der Waals surface area (Å²) in [6, 6.07) is 10.2. The van der Waals surface area contributed by atoms with E-state index in [4.69, 9.17) is 4.74 Å². The summed E-state index contributed by atoms with van der Waals surface area (Å²) in [6.45, 7) is 5.16. The summed E-state index contributed by atoms with van der Waals surface area (Å²) in [7, 11) is 0. The molecule has 0 atom stereocenters. The topological polar surface area (TPSA) is 47.0 Å². The zero-order valence-corrected chi connectivity index (χ0v) is 15.7. The molecule has 2 heterocycles. The molecular weight excluding hydrogens is 330 g/mol. The van der Waals surface area contributed by atoms with Crippen LogP contribution in [0.5, 0.6) is 5.75 Å². The van der Waals surface area contributed by atoms with Crippen molar-refractivity contribution in [2.75, 3.05) is 11.9 Å². The summed E-state index contributed by atoms with van der Waals surface area (Å²) >= 11 is 1.73. The second-order valence-corrected chi connectivity index (χ2v) is 7.18. The number of benzene rings is 1. The number of nitrogens with zero attached hydrogens (tertiary/aromatic N) is 2. The molecule has 0 radical (unpaired) electrons. The highest BCUT2D eigenvalue weighted by atomic mass is 32.1. The van der Waals surface area contributed by atoms with Crippen LogP contribution < -0.4 is 10.1 Å². The molecule has 5 heteroatoms. The molecule has 0 aliphatic carbocycles. The predicted octanol–water partition coefficient (Wildman–Crippen LogP) is 5.96. The molecule has 0 fully saturated rings. The quantitative estimate of drug-likeness (QED) is 0.481. The maximum atomic E-state index is 5.79. The number of ether oxygens (including phenoxy) is 1. The lowest BCUT2D eigenvalue weighted by atomic mass is 10.2. The van der Waals surface area contributed by atoms with Crippen molar-refractivity contribution in [3.05, 3.63) is 41.5 Å². The van der Waals surface area contributed by atoms with Gasteiger partial charge in [-0.05, 0) is 43.2 Å². The highest BCUT2D eigenvalue weighted by Crippen LogP contribution is 2.30. The van der Waals surface area contributed by atoms with Crippen molar-refractivity contribution in [2.45, 2.75) is 46.0 Å². The third-order valence-corrected chi connectivity index (χ3v) is 5.30. The van der Waals surface area contributed by atoms with Crippen LogP contribution in [0, 0.1) is 0 Å². The van der Waals surface area contributed by atoms with Crippen molar-refractivity contribution >= 4 is 33.1 Å². The molecule has 2 aromatic heterocycles. The first-order valence-corrected chi connectivity index (χ1v) is 9.85. The van der Waals surface area contributed by atoms with Gasteiger partial charge in [0.25, 0.3) is 0 Å². The summed E-state index contributed by atoms with van der Waals surface area (Å²) in [5.41, 5.74) is 1.00. The smallest absolute Gasteiger partial charge is 0.142 e. The zero-order valence-electron chi connectivity index (χ0n) is 14.9. The second-order valence-electron chi connectivity index (χ2n) is 6.07. The van der Waals surface area contributed by atoms with Crippen LogP contribution in [0.2, 0.25) is 0 Å². The van der Waals surface area contributed by atoms with E-state index in [9.17, 15) is 0 Å². The standard InChI is InChI=1S/C20H25N3OS/c1-3-5-6-7-12-24-16-10-8-15(9-11-16)23-19-18-13-17(4-2)25-20(18)22-14-21-19/h8-11,13-14H,3-7,12H2,1-2H3,(H,21,22,23). The van der Waals surface area contributed by atoms with Gasteiger partial charge in [-0.2, -0.15) is 0 Å². The Balaban J connectivity index is 1.62. The van der Waals surface area contributed by atoms with Gasteiger partial charge in [-0.25, -0.2) is 9.97 Å². The molecule has 25 heavy (non-hydrogen) atoms. The van der Waals surface area contributed by atoms with E-state index in [0.717, 1.165) is 46.9 Å². The Morgan fingerprint density at radius 2 is 1.88 bits per heavy atom. The average molecular weight is 356 g/mol. The van der Waals surface area contributed by atoms with Crippen LogP contribution in [0.1, 0.15) is 44.4 Å². The van der Waals surface area contributed by atoms with E-state index in [-0.39, 0.29) is 0 Å². The molecule has 0 saturated heterocycles. The molecule has 3 aromatic rings. The van der Waals surface area contributed by atoms with Gasteiger partial charge in [0.05, 0.1) is 12.0 Å². The molecule has 0 aliphatic heterocycles. The Kier molecular flexibility index (Phi) is 6.23.